The second kappa shape index (κ2) is 8.37. The number of nitrogens with one attached hydrogen (secondary N) is 1. The molecule has 0 spiro atoms. The summed E-state index contributed by atoms with van der Waals surface area (Å²) in [6.07, 6.45) is 1.96. The SMILES string of the molecule is CCc1ccc(OCc2ccc(C3CC3)cc2NC(=O)OC(F)F)c(C)c1. The molecule has 1 N–H and O–H groups in total. The zero-order chi connectivity index (χ0) is 19.4. The van der Waals surface area contributed by atoms with E-state index in [-0.39, 0.29) is 6.61 Å². The van der Waals surface area contributed by atoms with Crippen LogP contribution in [0.3, 0.4) is 0 Å². The van der Waals surface area contributed by atoms with Gasteiger partial charge in [0, 0.05) is 5.56 Å². The van der Waals surface area contributed by atoms with Crippen LogP contribution in [-0.4, -0.2) is 12.7 Å². The zero-order valence-corrected chi connectivity index (χ0v) is 15.4. The Labute approximate surface area is 157 Å². The fourth-order valence-corrected chi connectivity index (χ4v) is 2.98. The van der Waals surface area contributed by atoms with Gasteiger partial charge in [0.05, 0.1) is 5.69 Å². The highest BCUT2D eigenvalue weighted by molar-refractivity contribution is 5.86. The minimum absolute atomic E-state index is 0.210. The first-order chi connectivity index (χ1) is 13.0. The van der Waals surface area contributed by atoms with Crippen LogP contribution in [-0.2, 0) is 17.8 Å². The van der Waals surface area contributed by atoms with Crippen LogP contribution in [0.2, 0.25) is 0 Å². The molecule has 0 bridgehead atoms. The van der Waals surface area contributed by atoms with E-state index in [0.29, 0.717) is 17.2 Å². The van der Waals surface area contributed by atoms with E-state index in [1.165, 1.54) is 5.56 Å². The quantitative estimate of drug-likeness (QED) is 0.667. The number of benzene rings is 2. The van der Waals surface area contributed by atoms with Crippen LogP contribution in [0.15, 0.2) is 36.4 Å². The van der Waals surface area contributed by atoms with E-state index < -0.39 is 12.7 Å². The molecule has 2 aromatic rings. The number of amides is 1. The van der Waals surface area contributed by atoms with Gasteiger partial charge < -0.3 is 9.47 Å². The van der Waals surface area contributed by atoms with Gasteiger partial charge in [-0.1, -0.05) is 31.2 Å². The summed E-state index contributed by atoms with van der Waals surface area (Å²) in [4.78, 5) is 11.6. The van der Waals surface area contributed by atoms with Gasteiger partial charge in [-0.3, -0.25) is 5.32 Å². The molecule has 0 unspecified atom stereocenters. The summed E-state index contributed by atoms with van der Waals surface area (Å²) in [5.41, 5.74) is 4.47. The molecule has 3 rings (SSSR count). The molecule has 1 amide bonds. The molecular formula is C21H23F2NO3. The second-order valence-electron chi connectivity index (χ2n) is 6.72. The van der Waals surface area contributed by atoms with E-state index >= 15 is 0 Å². The Morgan fingerprint density at radius 3 is 2.63 bits per heavy atom. The number of ether oxygens (including phenoxy) is 2. The highest BCUT2D eigenvalue weighted by Gasteiger charge is 2.24. The summed E-state index contributed by atoms with van der Waals surface area (Å²) in [6, 6.07) is 11.7. The van der Waals surface area contributed by atoms with Crippen LogP contribution in [0.5, 0.6) is 5.75 Å². The maximum absolute atomic E-state index is 12.3. The minimum atomic E-state index is -3.16. The molecule has 0 aliphatic heterocycles. The lowest BCUT2D eigenvalue weighted by Gasteiger charge is -2.15. The molecule has 6 heteroatoms. The van der Waals surface area contributed by atoms with Crippen molar-refractivity contribution in [2.24, 2.45) is 0 Å². The zero-order valence-electron chi connectivity index (χ0n) is 15.4. The topological polar surface area (TPSA) is 47.6 Å². The smallest absolute Gasteiger partial charge is 0.416 e. The van der Waals surface area contributed by atoms with Crippen LogP contribution in [0.25, 0.3) is 0 Å². The summed E-state index contributed by atoms with van der Waals surface area (Å²) in [5.74, 6) is 1.22. The van der Waals surface area contributed by atoms with E-state index in [2.05, 4.69) is 23.0 Å². The number of hydrogen-bond donors (Lipinski definition) is 1. The highest BCUT2D eigenvalue weighted by atomic mass is 19.3. The number of halogens is 2. The second-order valence-corrected chi connectivity index (χ2v) is 6.72. The molecule has 1 fully saturated rings. The average Bonchev–Trinajstić information content (AvgIpc) is 3.45. The van der Waals surface area contributed by atoms with Gasteiger partial charge in [0.1, 0.15) is 12.4 Å². The van der Waals surface area contributed by atoms with E-state index in [4.69, 9.17) is 4.74 Å². The predicted octanol–water partition coefficient (Wildman–Crippen LogP) is 5.78. The largest absolute Gasteiger partial charge is 0.489 e. The van der Waals surface area contributed by atoms with Gasteiger partial charge in [-0.2, -0.15) is 8.78 Å². The van der Waals surface area contributed by atoms with Crippen molar-refractivity contribution < 1.29 is 23.0 Å². The van der Waals surface area contributed by atoms with Crippen LogP contribution >= 0.6 is 0 Å². The molecule has 4 nitrogen and oxygen atoms in total. The molecule has 2 aromatic carbocycles. The highest BCUT2D eigenvalue weighted by Crippen LogP contribution is 2.41. The Morgan fingerprint density at radius 2 is 2.00 bits per heavy atom. The molecule has 0 radical (unpaired) electrons. The number of carbonyl (C=O) groups excluding carboxylic acids is 1. The first kappa shape index (κ1) is 19.1. The Balaban J connectivity index is 1.76. The molecule has 1 aliphatic carbocycles. The molecule has 0 atom stereocenters. The third-order valence-electron chi connectivity index (χ3n) is 4.65. The average molecular weight is 375 g/mol. The van der Waals surface area contributed by atoms with Gasteiger partial charge in [0.25, 0.3) is 0 Å². The fraction of sp³-hybridized carbons (Fsp3) is 0.381. The molecule has 0 saturated heterocycles. The van der Waals surface area contributed by atoms with Crippen molar-refractivity contribution in [3.05, 3.63) is 58.7 Å². The van der Waals surface area contributed by atoms with Crippen molar-refractivity contribution in [2.45, 2.75) is 52.2 Å². The minimum Gasteiger partial charge on any atom is -0.489 e. The van der Waals surface area contributed by atoms with E-state index in [0.717, 1.165) is 36.1 Å². The number of hydrogen-bond acceptors (Lipinski definition) is 3. The Bertz CT molecular complexity index is 819. The van der Waals surface area contributed by atoms with Gasteiger partial charge in [-0.05, 0) is 60.9 Å². The first-order valence-electron chi connectivity index (χ1n) is 9.07. The van der Waals surface area contributed by atoms with E-state index in [1.807, 2.05) is 37.3 Å². The van der Waals surface area contributed by atoms with Crippen molar-refractivity contribution in [1.82, 2.24) is 0 Å². The van der Waals surface area contributed by atoms with Gasteiger partial charge >= 0.3 is 12.7 Å². The Morgan fingerprint density at radius 1 is 1.22 bits per heavy atom. The van der Waals surface area contributed by atoms with E-state index in [9.17, 15) is 13.6 Å². The van der Waals surface area contributed by atoms with E-state index in [1.54, 1.807) is 0 Å². The number of rotatable bonds is 7. The molecule has 1 saturated carbocycles. The summed E-state index contributed by atoms with van der Waals surface area (Å²) in [6.45, 7) is 1.12. The van der Waals surface area contributed by atoms with Crippen molar-refractivity contribution in [2.75, 3.05) is 5.32 Å². The molecular weight excluding hydrogens is 352 g/mol. The van der Waals surface area contributed by atoms with Crippen LogP contribution in [0, 0.1) is 6.92 Å². The normalized spacial score (nSPS) is 13.5. The lowest BCUT2D eigenvalue weighted by Crippen LogP contribution is -2.18. The maximum Gasteiger partial charge on any atom is 0.416 e. The molecule has 0 heterocycles. The summed E-state index contributed by atoms with van der Waals surface area (Å²) in [5, 5.41) is 2.41. The summed E-state index contributed by atoms with van der Waals surface area (Å²) >= 11 is 0. The van der Waals surface area contributed by atoms with Crippen LogP contribution in [0.1, 0.15) is 47.9 Å². The predicted molar refractivity (Wildman–Crippen MR) is 99.4 cm³/mol. The Kier molecular flexibility index (Phi) is 5.94. The monoisotopic (exact) mass is 375 g/mol. The van der Waals surface area contributed by atoms with Crippen molar-refractivity contribution in [1.29, 1.82) is 0 Å². The number of aryl methyl sites for hydroxylation is 2. The lowest BCUT2D eigenvalue weighted by atomic mass is 10.1. The molecule has 0 aromatic heterocycles. The fourth-order valence-electron chi connectivity index (χ4n) is 2.98. The lowest BCUT2D eigenvalue weighted by molar-refractivity contribution is -0.0766. The van der Waals surface area contributed by atoms with Gasteiger partial charge in [-0.25, -0.2) is 4.79 Å². The number of carbonyl (C=O) groups is 1. The molecule has 144 valence electrons. The van der Waals surface area contributed by atoms with Crippen LogP contribution < -0.4 is 10.1 Å². The Hall–Kier alpha value is -2.63. The van der Waals surface area contributed by atoms with Gasteiger partial charge in [0.15, 0.2) is 0 Å². The maximum atomic E-state index is 12.3. The van der Waals surface area contributed by atoms with Gasteiger partial charge in [-0.15, -0.1) is 0 Å². The third-order valence-corrected chi connectivity index (χ3v) is 4.65. The standard InChI is InChI=1S/C21H23F2NO3/c1-3-14-4-9-19(13(2)10-14)26-12-17-8-7-16(15-5-6-15)11-18(17)24-21(25)27-20(22)23/h4,7-11,15,20H,3,5-6,12H2,1-2H3,(H,24,25). The first-order valence-corrected chi connectivity index (χ1v) is 9.07. The number of alkyl halides is 2. The van der Waals surface area contributed by atoms with Crippen LogP contribution in [0.4, 0.5) is 19.3 Å². The van der Waals surface area contributed by atoms with Crippen molar-refractivity contribution >= 4 is 11.8 Å². The molecule has 27 heavy (non-hydrogen) atoms. The van der Waals surface area contributed by atoms with Crippen molar-refractivity contribution in [3.63, 3.8) is 0 Å². The third kappa shape index (κ3) is 5.18. The molecule has 1 aliphatic rings. The van der Waals surface area contributed by atoms with Crippen molar-refractivity contribution in [3.8, 4) is 5.75 Å². The number of anilines is 1. The van der Waals surface area contributed by atoms with Gasteiger partial charge in [0.2, 0.25) is 0 Å². The summed E-state index contributed by atoms with van der Waals surface area (Å²) in [7, 11) is 0. The summed E-state index contributed by atoms with van der Waals surface area (Å²) < 4.78 is 34.4.